The Kier molecular flexibility index (Phi) is 6.61. The summed E-state index contributed by atoms with van der Waals surface area (Å²) >= 11 is 5.24. The number of ether oxygens (including phenoxy) is 1. The minimum Gasteiger partial charge on any atom is -0.495 e. The van der Waals surface area contributed by atoms with Crippen molar-refractivity contribution in [1.29, 1.82) is 0 Å². The number of amides is 1. The summed E-state index contributed by atoms with van der Waals surface area (Å²) in [7, 11) is 1.54. The van der Waals surface area contributed by atoms with E-state index in [0.29, 0.717) is 34.6 Å². The Morgan fingerprint density at radius 3 is 2.72 bits per heavy atom. The molecule has 1 aromatic heterocycles. The second-order valence-electron chi connectivity index (χ2n) is 6.51. The number of para-hydroxylation sites is 1. The lowest BCUT2D eigenvalue weighted by atomic mass is 10.0. The van der Waals surface area contributed by atoms with Crippen molar-refractivity contribution in [2.75, 3.05) is 12.4 Å². The molecule has 0 saturated heterocycles. The molecule has 0 atom stereocenters. The number of rotatable bonds is 6. The third kappa shape index (κ3) is 5.00. The molecule has 0 bridgehead atoms. The molecule has 3 aromatic rings. The van der Waals surface area contributed by atoms with Gasteiger partial charge in [0.15, 0.2) is 5.11 Å². The molecule has 0 aliphatic carbocycles. The van der Waals surface area contributed by atoms with Gasteiger partial charge in [0.05, 0.1) is 18.4 Å². The monoisotopic (exact) mass is 410 g/mol. The highest BCUT2D eigenvalue weighted by molar-refractivity contribution is 7.80. The van der Waals surface area contributed by atoms with Crippen LogP contribution in [0.2, 0.25) is 0 Å². The van der Waals surface area contributed by atoms with Crippen LogP contribution < -0.4 is 21.0 Å². The van der Waals surface area contributed by atoms with Gasteiger partial charge in [0.2, 0.25) is 5.91 Å². The molecule has 0 radical (unpaired) electrons. The van der Waals surface area contributed by atoms with Gasteiger partial charge in [-0.25, -0.2) is 4.79 Å². The van der Waals surface area contributed by atoms with Gasteiger partial charge < -0.3 is 19.8 Å². The highest BCUT2D eigenvalue weighted by atomic mass is 32.1. The lowest BCUT2D eigenvalue weighted by molar-refractivity contribution is -0.119. The molecule has 0 unspecified atom stereocenters. The molecule has 0 spiro atoms. The zero-order valence-corrected chi connectivity index (χ0v) is 17.1. The van der Waals surface area contributed by atoms with Crippen LogP contribution in [-0.2, 0) is 4.79 Å². The highest BCUT2D eigenvalue weighted by Crippen LogP contribution is 2.30. The number of nitrogens with one attached hydrogen (secondary N) is 2. The van der Waals surface area contributed by atoms with Crippen LogP contribution in [0.15, 0.2) is 57.7 Å². The highest BCUT2D eigenvalue weighted by Gasteiger charge is 2.13. The first-order chi connectivity index (χ1) is 14.0. The molecular formula is C22H22N2O4S. The summed E-state index contributed by atoms with van der Waals surface area (Å²) in [5.41, 5.74) is 1.71. The van der Waals surface area contributed by atoms with Gasteiger partial charge in [0.1, 0.15) is 11.3 Å². The van der Waals surface area contributed by atoms with Crippen LogP contribution in [0.3, 0.4) is 0 Å². The number of benzene rings is 2. The number of carbonyl (C=O) groups is 1. The average molecular weight is 410 g/mol. The van der Waals surface area contributed by atoms with Crippen LogP contribution in [0.1, 0.15) is 26.2 Å². The molecule has 3 rings (SSSR count). The van der Waals surface area contributed by atoms with Crippen LogP contribution in [0.4, 0.5) is 5.69 Å². The predicted molar refractivity (Wildman–Crippen MR) is 118 cm³/mol. The number of methoxy groups -OCH3 is 1. The normalized spacial score (nSPS) is 10.6. The van der Waals surface area contributed by atoms with E-state index >= 15 is 0 Å². The molecule has 0 aliphatic heterocycles. The van der Waals surface area contributed by atoms with E-state index in [9.17, 15) is 9.59 Å². The standard InChI is InChI=1S/C22H22N2O4S/c1-3-4-9-20(25)24-22(29)23-17-13-14(10-11-19(17)27-2)16-12-15-7-5-6-8-18(15)28-21(16)26/h5-8,10-13H,3-4,9H2,1-2H3,(H2,23,24,25,29). The van der Waals surface area contributed by atoms with Gasteiger partial charge in [-0.1, -0.05) is 37.6 Å². The van der Waals surface area contributed by atoms with E-state index in [0.717, 1.165) is 18.2 Å². The van der Waals surface area contributed by atoms with E-state index in [4.69, 9.17) is 21.4 Å². The molecule has 29 heavy (non-hydrogen) atoms. The number of anilines is 1. The Bertz CT molecular complexity index is 1110. The minimum atomic E-state index is -0.435. The minimum absolute atomic E-state index is 0.144. The van der Waals surface area contributed by atoms with Crippen LogP contribution in [0.5, 0.6) is 5.75 Å². The second-order valence-corrected chi connectivity index (χ2v) is 6.91. The summed E-state index contributed by atoms with van der Waals surface area (Å²) in [6.07, 6.45) is 2.14. The van der Waals surface area contributed by atoms with Crippen molar-refractivity contribution in [1.82, 2.24) is 5.32 Å². The van der Waals surface area contributed by atoms with E-state index in [1.807, 2.05) is 25.1 Å². The van der Waals surface area contributed by atoms with Crippen molar-refractivity contribution in [3.63, 3.8) is 0 Å². The summed E-state index contributed by atoms with van der Waals surface area (Å²) in [4.78, 5) is 24.4. The Balaban J connectivity index is 1.89. The van der Waals surface area contributed by atoms with Gasteiger partial charge >= 0.3 is 5.63 Å². The summed E-state index contributed by atoms with van der Waals surface area (Å²) < 4.78 is 10.8. The van der Waals surface area contributed by atoms with E-state index in [-0.39, 0.29) is 11.0 Å². The molecule has 7 heteroatoms. The second kappa shape index (κ2) is 9.34. The maximum atomic E-state index is 12.5. The number of unbranched alkanes of at least 4 members (excludes halogenated alkanes) is 1. The fourth-order valence-electron chi connectivity index (χ4n) is 2.92. The smallest absolute Gasteiger partial charge is 0.344 e. The van der Waals surface area contributed by atoms with Crippen molar-refractivity contribution in [3.05, 3.63) is 59.0 Å². The van der Waals surface area contributed by atoms with Gasteiger partial charge in [-0.15, -0.1) is 0 Å². The first-order valence-corrected chi connectivity index (χ1v) is 9.74. The van der Waals surface area contributed by atoms with E-state index in [1.165, 1.54) is 7.11 Å². The molecule has 0 aliphatic rings. The third-order valence-corrected chi connectivity index (χ3v) is 4.61. The fourth-order valence-corrected chi connectivity index (χ4v) is 3.14. The zero-order valence-electron chi connectivity index (χ0n) is 16.3. The van der Waals surface area contributed by atoms with Gasteiger partial charge in [-0.2, -0.15) is 0 Å². The van der Waals surface area contributed by atoms with Crippen molar-refractivity contribution < 1.29 is 13.9 Å². The molecule has 2 aromatic carbocycles. The quantitative estimate of drug-likeness (QED) is 0.461. The first kappa shape index (κ1) is 20.5. The lowest BCUT2D eigenvalue weighted by Crippen LogP contribution is -2.34. The van der Waals surface area contributed by atoms with E-state index < -0.39 is 5.63 Å². The Labute approximate surface area is 173 Å². The zero-order chi connectivity index (χ0) is 20.8. The van der Waals surface area contributed by atoms with Crippen LogP contribution in [0, 0.1) is 0 Å². The first-order valence-electron chi connectivity index (χ1n) is 9.34. The SMILES string of the molecule is CCCCC(=O)NC(=S)Nc1cc(-c2cc3ccccc3oc2=O)ccc1OC. The number of hydrogen-bond donors (Lipinski definition) is 2. The summed E-state index contributed by atoms with van der Waals surface area (Å²) in [6.45, 7) is 2.02. The molecule has 0 fully saturated rings. The van der Waals surface area contributed by atoms with Crippen molar-refractivity contribution in [2.24, 2.45) is 0 Å². The summed E-state index contributed by atoms with van der Waals surface area (Å²) in [5.74, 6) is 0.388. The van der Waals surface area contributed by atoms with Crippen LogP contribution in [0.25, 0.3) is 22.1 Å². The number of fused-ring (bicyclic) bond motifs is 1. The fraction of sp³-hybridized carbons (Fsp3) is 0.227. The molecular weight excluding hydrogens is 388 g/mol. The summed E-state index contributed by atoms with van der Waals surface area (Å²) in [5, 5.41) is 6.63. The lowest BCUT2D eigenvalue weighted by Gasteiger charge is -2.14. The topological polar surface area (TPSA) is 80.6 Å². The average Bonchev–Trinajstić information content (AvgIpc) is 2.71. The van der Waals surface area contributed by atoms with Gasteiger partial charge in [0, 0.05) is 11.8 Å². The van der Waals surface area contributed by atoms with Crippen molar-refractivity contribution in [2.45, 2.75) is 26.2 Å². The van der Waals surface area contributed by atoms with Crippen LogP contribution >= 0.6 is 12.2 Å². The molecule has 6 nitrogen and oxygen atoms in total. The van der Waals surface area contributed by atoms with Crippen molar-refractivity contribution in [3.8, 4) is 16.9 Å². The maximum Gasteiger partial charge on any atom is 0.344 e. The van der Waals surface area contributed by atoms with Gasteiger partial charge in [-0.05, 0) is 48.5 Å². The van der Waals surface area contributed by atoms with E-state index in [1.54, 1.807) is 30.3 Å². The number of carbonyl (C=O) groups excluding carboxylic acids is 1. The van der Waals surface area contributed by atoms with Gasteiger partial charge in [-0.3, -0.25) is 4.79 Å². The van der Waals surface area contributed by atoms with Crippen molar-refractivity contribution >= 4 is 39.9 Å². The molecule has 1 amide bonds. The predicted octanol–water partition coefficient (Wildman–Crippen LogP) is 4.47. The van der Waals surface area contributed by atoms with Crippen LogP contribution in [-0.4, -0.2) is 18.1 Å². The molecule has 1 heterocycles. The Hall–Kier alpha value is -3.19. The summed E-state index contributed by atoms with van der Waals surface area (Å²) in [6, 6.07) is 14.4. The Morgan fingerprint density at radius 1 is 1.17 bits per heavy atom. The largest absolute Gasteiger partial charge is 0.495 e. The van der Waals surface area contributed by atoms with Gasteiger partial charge in [0.25, 0.3) is 0 Å². The Morgan fingerprint density at radius 2 is 1.97 bits per heavy atom. The third-order valence-electron chi connectivity index (χ3n) is 4.41. The molecule has 0 saturated carbocycles. The number of thiocarbonyl (C=S) groups is 1. The maximum absolute atomic E-state index is 12.5. The molecule has 2 N–H and O–H groups in total. The van der Waals surface area contributed by atoms with E-state index in [2.05, 4.69) is 10.6 Å². The molecule has 150 valence electrons. The number of hydrogen-bond acceptors (Lipinski definition) is 5.